The van der Waals surface area contributed by atoms with Crippen LogP contribution in [0.25, 0.3) is 0 Å². The van der Waals surface area contributed by atoms with Gasteiger partial charge < -0.3 is 10.2 Å². The molecule has 1 fully saturated rings. The fraction of sp³-hybridized carbons (Fsp3) is 0.435. The van der Waals surface area contributed by atoms with E-state index in [-0.39, 0.29) is 18.2 Å². The Hall–Kier alpha value is -2.73. The Kier molecular flexibility index (Phi) is 5.37. The van der Waals surface area contributed by atoms with Gasteiger partial charge in [0.2, 0.25) is 0 Å². The van der Waals surface area contributed by atoms with E-state index in [9.17, 15) is 9.59 Å². The summed E-state index contributed by atoms with van der Waals surface area (Å²) in [5.41, 5.74) is 0.980. The molecule has 0 saturated carbocycles. The van der Waals surface area contributed by atoms with Gasteiger partial charge in [0.1, 0.15) is 11.4 Å². The number of hydrogen-bond acceptors (Lipinski definition) is 4. The molecule has 152 valence electrons. The fourth-order valence-electron chi connectivity index (χ4n) is 4.12. The summed E-state index contributed by atoms with van der Waals surface area (Å²) in [6, 6.07) is 8.01. The van der Waals surface area contributed by atoms with Gasteiger partial charge in [-0.05, 0) is 68.6 Å². The topological polar surface area (TPSA) is 65.0 Å². The monoisotopic (exact) mass is 392 g/mol. The highest BCUT2D eigenvalue weighted by atomic mass is 16.2. The number of carbonyl (C=O) groups is 2. The molecule has 1 aromatic carbocycles. The summed E-state index contributed by atoms with van der Waals surface area (Å²) in [4.78, 5) is 33.5. The number of anilines is 1. The molecule has 1 N–H and O–H groups in total. The van der Waals surface area contributed by atoms with E-state index in [2.05, 4.69) is 34.3 Å². The van der Waals surface area contributed by atoms with Gasteiger partial charge in [-0.25, -0.2) is 0 Å². The quantitative estimate of drug-likeness (QED) is 0.854. The maximum atomic E-state index is 13.1. The molecule has 6 nitrogen and oxygen atoms in total. The number of carbonyl (C=O) groups excluding carboxylic acids is 2. The van der Waals surface area contributed by atoms with Crippen molar-refractivity contribution in [2.45, 2.75) is 45.2 Å². The lowest BCUT2D eigenvalue weighted by atomic mass is 9.91. The summed E-state index contributed by atoms with van der Waals surface area (Å²) in [7, 11) is 0. The van der Waals surface area contributed by atoms with Gasteiger partial charge in [-0.1, -0.05) is 25.1 Å². The summed E-state index contributed by atoms with van der Waals surface area (Å²) < 4.78 is 0. The molecule has 3 aliphatic rings. The zero-order valence-corrected chi connectivity index (χ0v) is 17.1. The third-order valence-electron chi connectivity index (χ3n) is 6.09. The normalized spacial score (nSPS) is 25.0. The number of nitrogens with zero attached hydrogens (tertiary/aromatic N) is 3. The summed E-state index contributed by atoms with van der Waals surface area (Å²) in [5.74, 6) is 0.844. The minimum absolute atomic E-state index is 0.0476. The van der Waals surface area contributed by atoms with Crippen molar-refractivity contribution in [3.05, 3.63) is 54.3 Å². The fourth-order valence-corrected chi connectivity index (χ4v) is 4.12. The van der Waals surface area contributed by atoms with Crippen molar-refractivity contribution in [3.63, 3.8) is 0 Å². The number of aliphatic imine (C=N–C) groups is 1. The van der Waals surface area contributed by atoms with Gasteiger partial charge in [-0.15, -0.1) is 0 Å². The number of amides is 2. The number of amidine groups is 1. The van der Waals surface area contributed by atoms with Crippen LogP contribution in [-0.2, 0) is 16.1 Å². The van der Waals surface area contributed by atoms with E-state index >= 15 is 0 Å². The van der Waals surface area contributed by atoms with E-state index in [0.29, 0.717) is 5.84 Å². The molecule has 1 atom stereocenters. The Morgan fingerprint density at radius 2 is 1.93 bits per heavy atom. The second-order valence-corrected chi connectivity index (χ2v) is 8.49. The van der Waals surface area contributed by atoms with Crippen LogP contribution in [0.4, 0.5) is 5.69 Å². The van der Waals surface area contributed by atoms with E-state index in [0.717, 1.165) is 31.2 Å². The minimum Gasteiger partial charge on any atom is -0.324 e. The number of rotatable bonds is 4. The van der Waals surface area contributed by atoms with E-state index in [4.69, 9.17) is 0 Å². The average molecular weight is 393 g/mol. The van der Waals surface area contributed by atoms with Crippen LogP contribution in [0.1, 0.15) is 38.7 Å². The van der Waals surface area contributed by atoms with Crippen LogP contribution in [0.5, 0.6) is 0 Å². The predicted molar refractivity (Wildman–Crippen MR) is 114 cm³/mol. The molecule has 3 heterocycles. The third kappa shape index (κ3) is 4.17. The molecule has 0 spiro atoms. The van der Waals surface area contributed by atoms with Crippen molar-refractivity contribution in [2.75, 3.05) is 18.4 Å². The molecule has 0 aromatic heterocycles. The lowest BCUT2D eigenvalue weighted by molar-refractivity contribution is -0.130. The van der Waals surface area contributed by atoms with Crippen molar-refractivity contribution < 1.29 is 9.59 Å². The van der Waals surface area contributed by atoms with Crippen molar-refractivity contribution in [1.82, 2.24) is 9.80 Å². The van der Waals surface area contributed by atoms with Gasteiger partial charge in [0.05, 0.1) is 6.42 Å². The molecule has 1 aromatic rings. The van der Waals surface area contributed by atoms with Gasteiger partial charge in [-0.3, -0.25) is 14.5 Å². The second kappa shape index (κ2) is 7.95. The summed E-state index contributed by atoms with van der Waals surface area (Å²) in [6.45, 7) is 7.34. The number of piperidine rings is 1. The maximum Gasteiger partial charge on any atom is 0.250 e. The maximum absolute atomic E-state index is 13.1. The highest BCUT2D eigenvalue weighted by molar-refractivity contribution is 6.11. The van der Waals surface area contributed by atoms with E-state index < -0.39 is 5.54 Å². The number of likely N-dealkylation sites (tertiary alicyclic amines) is 1. The number of hydrogen-bond donors (Lipinski definition) is 1. The van der Waals surface area contributed by atoms with Gasteiger partial charge >= 0.3 is 0 Å². The number of allylic oxidation sites excluding steroid dienone is 2. The van der Waals surface area contributed by atoms with Crippen LogP contribution in [0.15, 0.2) is 53.7 Å². The number of nitrogens with one attached hydrogen (secondary N) is 1. The molecule has 1 unspecified atom stereocenters. The molecular formula is C23H28N4O2. The summed E-state index contributed by atoms with van der Waals surface area (Å²) in [6.07, 6.45) is 9.77. The van der Waals surface area contributed by atoms with Crippen molar-refractivity contribution in [3.8, 4) is 0 Å². The van der Waals surface area contributed by atoms with Crippen LogP contribution in [0, 0.1) is 5.92 Å². The Morgan fingerprint density at radius 1 is 1.21 bits per heavy atom. The molecular weight excluding hydrogens is 364 g/mol. The zero-order valence-electron chi connectivity index (χ0n) is 17.1. The van der Waals surface area contributed by atoms with Gasteiger partial charge in [0, 0.05) is 18.4 Å². The van der Waals surface area contributed by atoms with Gasteiger partial charge in [0.25, 0.3) is 11.8 Å². The van der Waals surface area contributed by atoms with Crippen molar-refractivity contribution in [2.24, 2.45) is 10.9 Å². The molecule has 0 radical (unpaired) electrons. The molecule has 3 aliphatic heterocycles. The first-order chi connectivity index (χ1) is 13.9. The Balaban J connectivity index is 1.42. The third-order valence-corrected chi connectivity index (χ3v) is 6.09. The van der Waals surface area contributed by atoms with Crippen LogP contribution in [0.2, 0.25) is 0 Å². The molecule has 1 saturated heterocycles. The molecule has 2 amide bonds. The first kappa shape index (κ1) is 19.6. The second-order valence-electron chi connectivity index (χ2n) is 8.49. The lowest BCUT2D eigenvalue weighted by Gasteiger charge is -2.41. The highest BCUT2D eigenvalue weighted by Gasteiger charge is 2.45. The van der Waals surface area contributed by atoms with Crippen LogP contribution >= 0.6 is 0 Å². The standard InChI is InChI=1S/C23H28N4O2/c1-17-10-13-26(14-11-17)16-18-6-8-19(9-7-18)24-22(29)23(2)15-21(28)25-20-5-3-4-12-27(20)23/h3-9,12,17H,10-11,13-16H2,1-2H3,(H,24,29). The highest BCUT2D eigenvalue weighted by Crippen LogP contribution is 2.29. The summed E-state index contributed by atoms with van der Waals surface area (Å²) in [5, 5.41) is 2.98. The molecule has 4 rings (SSSR count). The molecule has 0 aliphatic carbocycles. The Labute approximate surface area is 172 Å². The number of benzene rings is 1. The lowest BCUT2D eigenvalue weighted by Crippen LogP contribution is -2.58. The smallest absolute Gasteiger partial charge is 0.250 e. The van der Waals surface area contributed by atoms with Crippen LogP contribution < -0.4 is 5.32 Å². The van der Waals surface area contributed by atoms with E-state index in [1.54, 1.807) is 24.1 Å². The minimum atomic E-state index is -1.00. The number of fused-ring (bicyclic) bond motifs is 1. The van der Waals surface area contributed by atoms with E-state index in [1.165, 1.54) is 18.4 Å². The van der Waals surface area contributed by atoms with Gasteiger partial charge in [0.15, 0.2) is 0 Å². The van der Waals surface area contributed by atoms with Crippen molar-refractivity contribution >= 4 is 23.3 Å². The average Bonchev–Trinajstić information content (AvgIpc) is 2.71. The van der Waals surface area contributed by atoms with E-state index in [1.807, 2.05) is 24.3 Å². The first-order valence-electron chi connectivity index (χ1n) is 10.3. The van der Waals surface area contributed by atoms with Gasteiger partial charge in [-0.2, -0.15) is 4.99 Å². The first-order valence-corrected chi connectivity index (χ1v) is 10.3. The van der Waals surface area contributed by atoms with Crippen LogP contribution in [-0.4, -0.2) is 46.1 Å². The molecule has 29 heavy (non-hydrogen) atoms. The SMILES string of the molecule is CC1CCN(Cc2ccc(NC(=O)C3(C)CC(=O)N=C4C=CC=CN43)cc2)CC1. The van der Waals surface area contributed by atoms with Crippen LogP contribution in [0.3, 0.4) is 0 Å². The Morgan fingerprint density at radius 3 is 2.66 bits per heavy atom. The Bertz CT molecular complexity index is 879. The van der Waals surface area contributed by atoms with Crippen molar-refractivity contribution in [1.29, 1.82) is 0 Å². The predicted octanol–water partition coefficient (Wildman–Crippen LogP) is 3.33. The molecule has 6 heteroatoms. The largest absolute Gasteiger partial charge is 0.324 e. The molecule has 0 bridgehead atoms. The zero-order chi connectivity index (χ0) is 20.4. The summed E-state index contributed by atoms with van der Waals surface area (Å²) >= 11 is 0.